The molecule has 0 bridgehead atoms. The minimum absolute atomic E-state index is 0.0975. The quantitative estimate of drug-likeness (QED) is 0.740. The van der Waals surface area contributed by atoms with Gasteiger partial charge in [0.05, 0.1) is 6.10 Å². The zero-order chi connectivity index (χ0) is 13.3. The Morgan fingerprint density at radius 2 is 2.06 bits per heavy atom. The number of hydrogen-bond acceptors (Lipinski definition) is 2. The van der Waals surface area contributed by atoms with Crippen molar-refractivity contribution in [2.45, 2.75) is 39.7 Å². The average molecular weight is 250 g/mol. The van der Waals surface area contributed by atoms with Crippen molar-refractivity contribution in [1.29, 1.82) is 0 Å². The van der Waals surface area contributed by atoms with Gasteiger partial charge in [-0.3, -0.25) is 0 Å². The molecule has 2 nitrogen and oxygen atoms in total. The highest BCUT2D eigenvalue weighted by molar-refractivity contribution is 5.13. The molecule has 1 unspecified atom stereocenters. The third kappa shape index (κ3) is 2.41. The highest BCUT2D eigenvalue weighted by Crippen LogP contribution is 2.49. The van der Waals surface area contributed by atoms with Crippen LogP contribution in [-0.4, -0.2) is 22.9 Å². The Labute approximate surface area is 110 Å². The van der Waals surface area contributed by atoms with Gasteiger partial charge in [0.15, 0.2) is 0 Å². The molecular weight excluding hydrogens is 224 g/mol. The van der Waals surface area contributed by atoms with Crippen molar-refractivity contribution in [1.82, 2.24) is 0 Å². The first-order chi connectivity index (χ1) is 8.50. The van der Waals surface area contributed by atoms with Gasteiger partial charge in [0, 0.05) is 6.61 Å². The largest absolute Gasteiger partial charge is 0.396 e. The predicted molar refractivity (Wildman–Crippen MR) is 74.0 cm³/mol. The molecule has 1 saturated carbocycles. The number of aliphatic hydroxyl groups is 2. The third-order valence-corrected chi connectivity index (χ3v) is 4.93. The molecule has 2 aliphatic rings. The summed E-state index contributed by atoms with van der Waals surface area (Å²) < 4.78 is 0. The molecule has 2 N–H and O–H groups in total. The second kappa shape index (κ2) is 5.18. The van der Waals surface area contributed by atoms with Crippen LogP contribution in [0.2, 0.25) is 0 Å². The summed E-state index contributed by atoms with van der Waals surface area (Å²) in [6.07, 6.45) is 10.4. The first-order valence-electron chi connectivity index (χ1n) is 7.12. The monoisotopic (exact) mass is 250 g/mol. The van der Waals surface area contributed by atoms with Crippen LogP contribution < -0.4 is 0 Å². The molecule has 6 atom stereocenters. The smallest absolute Gasteiger partial charge is 0.0585 e. The Kier molecular flexibility index (Phi) is 3.98. The lowest BCUT2D eigenvalue weighted by Gasteiger charge is -2.49. The van der Waals surface area contributed by atoms with Gasteiger partial charge in [-0.15, -0.1) is 0 Å². The van der Waals surface area contributed by atoms with Crippen molar-refractivity contribution in [2.24, 2.45) is 29.1 Å². The molecule has 2 rings (SSSR count). The van der Waals surface area contributed by atoms with Crippen LogP contribution in [0.3, 0.4) is 0 Å². The van der Waals surface area contributed by atoms with Gasteiger partial charge in [-0.05, 0) is 48.9 Å². The Morgan fingerprint density at radius 3 is 2.67 bits per heavy atom. The van der Waals surface area contributed by atoms with Crippen LogP contribution >= 0.6 is 0 Å². The minimum Gasteiger partial charge on any atom is -0.396 e. The van der Waals surface area contributed by atoms with E-state index in [0.717, 1.165) is 12.8 Å². The maximum absolute atomic E-state index is 10.5. The Hall–Kier alpha value is -0.600. The summed E-state index contributed by atoms with van der Waals surface area (Å²) >= 11 is 0. The van der Waals surface area contributed by atoms with Crippen LogP contribution in [0.1, 0.15) is 33.6 Å². The molecule has 18 heavy (non-hydrogen) atoms. The fourth-order valence-electron chi connectivity index (χ4n) is 4.09. The first kappa shape index (κ1) is 13.8. The van der Waals surface area contributed by atoms with E-state index < -0.39 is 0 Å². The van der Waals surface area contributed by atoms with Crippen LogP contribution in [0.4, 0.5) is 0 Å². The molecule has 1 fully saturated rings. The molecule has 0 radical (unpaired) electrons. The molecule has 0 aromatic rings. The van der Waals surface area contributed by atoms with E-state index in [1.165, 1.54) is 0 Å². The Bertz CT molecular complexity index is 347. The maximum atomic E-state index is 10.5. The summed E-state index contributed by atoms with van der Waals surface area (Å²) in [6.45, 7) is 6.59. The van der Waals surface area contributed by atoms with Crippen molar-refractivity contribution in [3.05, 3.63) is 24.3 Å². The molecule has 0 spiro atoms. The van der Waals surface area contributed by atoms with Gasteiger partial charge in [-0.1, -0.05) is 38.2 Å². The van der Waals surface area contributed by atoms with Crippen LogP contribution in [0, 0.1) is 29.1 Å². The summed E-state index contributed by atoms with van der Waals surface area (Å²) in [4.78, 5) is 0. The van der Waals surface area contributed by atoms with Gasteiger partial charge in [0.25, 0.3) is 0 Å². The molecule has 0 aromatic carbocycles. The SMILES string of the molecule is CC=C[C@]1(C)C[C@H](O)[C@H]2[C@@H](C=CC(C)[C@@H]2CO)C1. The molecular formula is C16H26O2. The molecule has 0 aliphatic heterocycles. The van der Waals surface area contributed by atoms with Gasteiger partial charge < -0.3 is 10.2 Å². The van der Waals surface area contributed by atoms with E-state index in [0.29, 0.717) is 11.8 Å². The Balaban J connectivity index is 2.25. The van der Waals surface area contributed by atoms with E-state index in [1.54, 1.807) is 0 Å². The topological polar surface area (TPSA) is 40.5 Å². The van der Waals surface area contributed by atoms with E-state index in [1.807, 2.05) is 6.92 Å². The van der Waals surface area contributed by atoms with E-state index in [-0.39, 0.29) is 30.0 Å². The third-order valence-electron chi connectivity index (χ3n) is 4.93. The first-order valence-corrected chi connectivity index (χ1v) is 7.12. The molecule has 0 amide bonds. The zero-order valence-corrected chi connectivity index (χ0v) is 11.7. The number of hydrogen-bond donors (Lipinski definition) is 2. The second-order valence-corrected chi connectivity index (χ2v) is 6.46. The van der Waals surface area contributed by atoms with E-state index >= 15 is 0 Å². The highest BCUT2D eigenvalue weighted by Gasteiger charge is 2.46. The number of fused-ring (bicyclic) bond motifs is 1. The summed E-state index contributed by atoms with van der Waals surface area (Å²) in [5, 5.41) is 20.1. The van der Waals surface area contributed by atoms with Crippen molar-refractivity contribution < 1.29 is 10.2 Å². The Morgan fingerprint density at radius 1 is 1.33 bits per heavy atom. The molecule has 2 heteroatoms. The normalized spacial score (nSPS) is 48.4. The lowest BCUT2D eigenvalue weighted by Crippen LogP contribution is -2.47. The van der Waals surface area contributed by atoms with Gasteiger partial charge in [0.2, 0.25) is 0 Å². The highest BCUT2D eigenvalue weighted by atomic mass is 16.3. The van der Waals surface area contributed by atoms with Crippen LogP contribution in [0.15, 0.2) is 24.3 Å². The van der Waals surface area contributed by atoms with Crippen molar-refractivity contribution in [3.63, 3.8) is 0 Å². The fourth-order valence-corrected chi connectivity index (χ4v) is 4.09. The van der Waals surface area contributed by atoms with Gasteiger partial charge in [-0.25, -0.2) is 0 Å². The molecule has 0 saturated heterocycles. The van der Waals surface area contributed by atoms with E-state index in [9.17, 15) is 10.2 Å². The number of allylic oxidation sites excluding steroid dienone is 4. The van der Waals surface area contributed by atoms with Gasteiger partial charge >= 0.3 is 0 Å². The lowest BCUT2D eigenvalue weighted by atomic mass is 9.58. The maximum Gasteiger partial charge on any atom is 0.0585 e. The number of aliphatic hydroxyl groups excluding tert-OH is 2. The van der Waals surface area contributed by atoms with Crippen molar-refractivity contribution in [3.8, 4) is 0 Å². The lowest BCUT2D eigenvalue weighted by molar-refractivity contribution is -0.0516. The van der Waals surface area contributed by atoms with Crippen molar-refractivity contribution >= 4 is 0 Å². The standard InChI is InChI=1S/C16H26O2/c1-4-7-16(3)8-12-6-5-11(2)13(10-17)15(12)14(18)9-16/h4-7,11-15,17-18H,8-10H2,1-3H3/t11?,12-,13-,14-,15-,16-/m0/s1. The minimum atomic E-state index is -0.297. The van der Waals surface area contributed by atoms with E-state index in [2.05, 4.69) is 38.2 Å². The van der Waals surface area contributed by atoms with Crippen LogP contribution in [-0.2, 0) is 0 Å². The molecule has 0 aromatic heterocycles. The zero-order valence-electron chi connectivity index (χ0n) is 11.7. The molecule has 0 heterocycles. The average Bonchev–Trinajstić information content (AvgIpc) is 2.29. The summed E-state index contributed by atoms with van der Waals surface area (Å²) in [5.74, 6) is 1.22. The fraction of sp³-hybridized carbons (Fsp3) is 0.750. The second-order valence-electron chi connectivity index (χ2n) is 6.46. The number of rotatable bonds is 2. The molecule has 2 aliphatic carbocycles. The van der Waals surface area contributed by atoms with Gasteiger partial charge in [0.1, 0.15) is 0 Å². The summed E-state index contributed by atoms with van der Waals surface area (Å²) in [5.41, 5.74) is 0.0975. The van der Waals surface area contributed by atoms with Gasteiger partial charge in [-0.2, -0.15) is 0 Å². The van der Waals surface area contributed by atoms with E-state index in [4.69, 9.17) is 0 Å². The van der Waals surface area contributed by atoms with Crippen molar-refractivity contribution in [2.75, 3.05) is 6.61 Å². The summed E-state index contributed by atoms with van der Waals surface area (Å²) in [7, 11) is 0. The van der Waals surface area contributed by atoms with Crippen LogP contribution in [0.5, 0.6) is 0 Å². The molecule has 102 valence electrons. The summed E-state index contributed by atoms with van der Waals surface area (Å²) in [6, 6.07) is 0. The predicted octanol–water partition coefficient (Wildman–Crippen LogP) is 2.77. The van der Waals surface area contributed by atoms with Crippen LogP contribution in [0.25, 0.3) is 0 Å².